The normalized spacial score (nSPS) is 14.5. The first kappa shape index (κ1) is 25.2. The van der Waals surface area contributed by atoms with Crippen LogP contribution in [0.1, 0.15) is 51.8 Å². The molecule has 2 aromatic heterocycles. The second-order valence-electron chi connectivity index (χ2n) is 9.76. The number of benzene rings is 2. The summed E-state index contributed by atoms with van der Waals surface area (Å²) in [6.07, 6.45) is 7.71. The fraction of sp³-hybridized carbons (Fsp3) is 0.286. The van der Waals surface area contributed by atoms with Crippen molar-refractivity contribution in [2.24, 2.45) is 18.0 Å². The summed E-state index contributed by atoms with van der Waals surface area (Å²) in [6.45, 7) is 3.90. The number of carbonyl (C=O) groups is 2. The van der Waals surface area contributed by atoms with E-state index in [-0.39, 0.29) is 23.4 Å². The van der Waals surface area contributed by atoms with Crippen LogP contribution in [0.5, 0.6) is 0 Å². The van der Waals surface area contributed by atoms with Crippen LogP contribution in [0, 0.1) is 25.6 Å². The molecule has 2 N–H and O–H groups in total. The maximum Gasteiger partial charge on any atom is 0.434 e. The summed E-state index contributed by atoms with van der Waals surface area (Å²) in [7, 11) is 1.72. The minimum absolute atomic E-state index is 0.214. The molecule has 0 spiro atoms. The Labute approximate surface area is 218 Å². The lowest BCUT2D eigenvalue weighted by Crippen LogP contribution is -2.30. The van der Waals surface area contributed by atoms with Gasteiger partial charge in [0, 0.05) is 43.1 Å². The Bertz CT molecular complexity index is 1590. The number of aromatic nitrogens is 4. The van der Waals surface area contributed by atoms with Crippen molar-refractivity contribution in [2.75, 3.05) is 0 Å². The highest BCUT2D eigenvalue weighted by atomic mass is 19.1. The smallest absolute Gasteiger partial charge is 0.434 e. The molecular formula is C28H29FN6O3. The number of nitrogens with zero attached hydrogens (tertiary/aromatic N) is 5. The lowest BCUT2D eigenvalue weighted by Gasteiger charge is -2.20. The van der Waals surface area contributed by atoms with Crippen LogP contribution in [-0.2, 0) is 13.6 Å². The van der Waals surface area contributed by atoms with Gasteiger partial charge in [0.25, 0.3) is 5.91 Å². The number of carboxylic acid groups (broad SMARTS) is 1. The average molecular weight is 517 g/mol. The van der Waals surface area contributed by atoms with E-state index in [1.54, 1.807) is 59.9 Å². The van der Waals surface area contributed by atoms with Gasteiger partial charge in [-0.2, -0.15) is 0 Å². The van der Waals surface area contributed by atoms with Crippen LogP contribution < -0.4 is 10.9 Å². The Kier molecular flexibility index (Phi) is 6.71. The van der Waals surface area contributed by atoms with E-state index in [0.717, 1.165) is 35.5 Å². The zero-order valence-corrected chi connectivity index (χ0v) is 21.4. The van der Waals surface area contributed by atoms with Crippen molar-refractivity contribution >= 4 is 12.0 Å². The lowest BCUT2D eigenvalue weighted by atomic mass is 9.99. The molecule has 4 aromatic rings. The fourth-order valence-corrected chi connectivity index (χ4v) is 4.74. The predicted molar refractivity (Wildman–Crippen MR) is 138 cm³/mol. The summed E-state index contributed by atoms with van der Waals surface area (Å²) in [5.74, 6) is 0.566. The summed E-state index contributed by atoms with van der Waals surface area (Å²) in [4.78, 5) is 32.9. The van der Waals surface area contributed by atoms with Gasteiger partial charge in [-0.25, -0.2) is 14.2 Å². The van der Waals surface area contributed by atoms with Crippen LogP contribution in [0.3, 0.4) is 0 Å². The molecule has 9 nitrogen and oxygen atoms in total. The SMILES string of the molecule is Cc1cc([C@@H](NC(=O)c2cc(Cn3ccn(C)/c3=N\C(=O)O)cc(-n3ccnc3C)c2)C2CC2)ccc1F. The topological polar surface area (TPSA) is 106 Å². The molecule has 196 valence electrons. The second-order valence-corrected chi connectivity index (χ2v) is 9.76. The number of hydrogen-bond donors (Lipinski definition) is 2. The Morgan fingerprint density at radius 1 is 1.16 bits per heavy atom. The van der Waals surface area contributed by atoms with Crippen LogP contribution in [0.4, 0.5) is 9.18 Å². The van der Waals surface area contributed by atoms with Gasteiger partial charge in [-0.15, -0.1) is 4.99 Å². The maximum absolute atomic E-state index is 13.9. The summed E-state index contributed by atoms with van der Waals surface area (Å²) in [5, 5.41) is 12.4. The number of aryl methyl sites for hydroxylation is 3. The number of halogens is 1. The van der Waals surface area contributed by atoms with Gasteiger partial charge >= 0.3 is 6.09 Å². The molecule has 0 bridgehead atoms. The van der Waals surface area contributed by atoms with Crippen molar-refractivity contribution in [1.29, 1.82) is 0 Å². The number of imidazole rings is 2. The Morgan fingerprint density at radius 3 is 2.61 bits per heavy atom. The van der Waals surface area contributed by atoms with Crippen molar-refractivity contribution in [3.05, 3.63) is 101 Å². The van der Waals surface area contributed by atoms with Gasteiger partial charge in [-0.1, -0.05) is 12.1 Å². The number of carbonyl (C=O) groups excluding carboxylic acids is 1. The van der Waals surface area contributed by atoms with Crippen molar-refractivity contribution in [3.63, 3.8) is 0 Å². The molecule has 38 heavy (non-hydrogen) atoms. The second kappa shape index (κ2) is 10.1. The highest BCUT2D eigenvalue weighted by molar-refractivity contribution is 5.95. The zero-order valence-electron chi connectivity index (χ0n) is 21.4. The van der Waals surface area contributed by atoms with Crippen LogP contribution >= 0.6 is 0 Å². The summed E-state index contributed by atoms with van der Waals surface area (Å²) in [5.41, 5.74) is 3.72. The van der Waals surface area contributed by atoms with Crippen molar-refractivity contribution in [2.45, 2.75) is 39.3 Å². The molecule has 0 saturated heterocycles. The molecule has 5 rings (SSSR count). The van der Waals surface area contributed by atoms with E-state index in [0.29, 0.717) is 23.6 Å². The summed E-state index contributed by atoms with van der Waals surface area (Å²) in [6, 6.07) is 10.3. The third kappa shape index (κ3) is 5.29. The first-order valence-corrected chi connectivity index (χ1v) is 12.4. The predicted octanol–water partition coefficient (Wildman–Crippen LogP) is 4.28. The summed E-state index contributed by atoms with van der Waals surface area (Å²) >= 11 is 0. The molecule has 10 heteroatoms. The van der Waals surface area contributed by atoms with Crippen LogP contribution in [0.15, 0.2) is 66.2 Å². The quantitative estimate of drug-likeness (QED) is 0.382. The van der Waals surface area contributed by atoms with E-state index in [1.165, 1.54) is 6.07 Å². The fourth-order valence-electron chi connectivity index (χ4n) is 4.74. The first-order chi connectivity index (χ1) is 18.2. The minimum atomic E-state index is -1.29. The molecule has 0 radical (unpaired) electrons. The van der Waals surface area contributed by atoms with E-state index in [4.69, 9.17) is 0 Å². The van der Waals surface area contributed by atoms with Gasteiger partial charge in [0.15, 0.2) is 0 Å². The molecule has 1 aliphatic carbocycles. The molecular weight excluding hydrogens is 487 g/mol. The average Bonchev–Trinajstić information content (AvgIpc) is 3.55. The van der Waals surface area contributed by atoms with Crippen molar-refractivity contribution in [3.8, 4) is 5.69 Å². The van der Waals surface area contributed by atoms with Crippen LogP contribution in [0.2, 0.25) is 0 Å². The number of nitrogens with one attached hydrogen (secondary N) is 1. The molecule has 1 fully saturated rings. The molecule has 2 amide bonds. The maximum atomic E-state index is 13.9. The molecule has 2 heterocycles. The Balaban J connectivity index is 1.52. The molecule has 2 aromatic carbocycles. The van der Waals surface area contributed by atoms with E-state index in [1.807, 2.05) is 29.8 Å². The van der Waals surface area contributed by atoms with Gasteiger partial charge < -0.3 is 24.1 Å². The lowest BCUT2D eigenvalue weighted by molar-refractivity contribution is 0.0931. The van der Waals surface area contributed by atoms with E-state index in [9.17, 15) is 19.1 Å². The molecule has 1 saturated carbocycles. The zero-order chi connectivity index (χ0) is 27.0. The standard InChI is InChI=1S/C28H29FN6O3/c1-17-12-21(6-7-24(17)29)25(20-4-5-20)31-26(36)22-13-19(14-23(15-22)35-9-8-30-18(35)2)16-34-11-10-33(3)27(34)32-28(37)38/h6-15,20,25H,4-5,16H2,1-3H3,(H,31,36)(H,37,38)/b32-27+/t25-/m0/s1. The van der Waals surface area contributed by atoms with Crippen LogP contribution in [-0.4, -0.2) is 35.8 Å². The molecule has 0 unspecified atom stereocenters. The first-order valence-electron chi connectivity index (χ1n) is 12.4. The van der Waals surface area contributed by atoms with E-state index < -0.39 is 6.09 Å². The molecule has 1 atom stereocenters. The number of rotatable bonds is 7. The van der Waals surface area contributed by atoms with Gasteiger partial charge in [-0.05, 0) is 73.6 Å². The third-order valence-electron chi connectivity index (χ3n) is 6.86. The highest BCUT2D eigenvalue weighted by Crippen LogP contribution is 2.41. The highest BCUT2D eigenvalue weighted by Gasteiger charge is 2.34. The van der Waals surface area contributed by atoms with Crippen molar-refractivity contribution < 1.29 is 19.1 Å². The van der Waals surface area contributed by atoms with E-state index >= 15 is 0 Å². The third-order valence-corrected chi connectivity index (χ3v) is 6.86. The summed E-state index contributed by atoms with van der Waals surface area (Å²) < 4.78 is 19.1. The largest absolute Gasteiger partial charge is 0.463 e. The van der Waals surface area contributed by atoms with Gasteiger partial charge in [-0.3, -0.25) is 4.79 Å². The number of amides is 2. The Hall–Kier alpha value is -4.47. The molecule has 1 aliphatic rings. The van der Waals surface area contributed by atoms with Crippen LogP contribution in [0.25, 0.3) is 5.69 Å². The number of hydrogen-bond acceptors (Lipinski definition) is 3. The monoisotopic (exact) mass is 516 g/mol. The van der Waals surface area contributed by atoms with Crippen molar-refractivity contribution in [1.82, 2.24) is 24.0 Å². The van der Waals surface area contributed by atoms with E-state index in [2.05, 4.69) is 15.3 Å². The van der Waals surface area contributed by atoms with Gasteiger partial charge in [0.1, 0.15) is 11.6 Å². The van der Waals surface area contributed by atoms with Gasteiger partial charge in [0.05, 0.1) is 12.6 Å². The van der Waals surface area contributed by atoms with Gasteiger partial charge in [0.2, 0.25) is 5.62 Å². The minimum Gasteiger partial charge on any atom is -0.463 e. The Morgan fingerprint density at radius 2 is 1.95 bits per heavy atom. The molecule has 0 aliphatic heterocycles.